The normalized spacial score (nSPS) is 20.0. The van der Waals surface area contributed by atoms with Gasteiger partial charge in [0.15, 0.2) is 0 Å². The number of nitrogens with zero attached hydrogens (tertiary/aromatic N) is 3. The Labute approximate surface area is 222 Å². The molecule has 0 bridgehead atoms. The highest BCUT2D eigenvalue weighted by Gasteiger charge is 2.28. The van der Waals surface area contributed by atoms with Gasteiger partial charge in [0.2, 0.25) is 0 Å². The van der Waals surface area contributed by atoms with Crippen molar-refractivity contribution in [3.8, 4) is 0 Å². The van der Waals surface area contributed by atoms with Crippen LogP contribution in [0.4, 0.5) is 15.8 Å². The predicted molar refractivity (Wildman–Crippen MR) is 158 cm³/mol. The van der Waals surface area contributed by atoms with Crippen molar-refractivity contribution in [1.29, 1.82) is 0 Å². The minimum Gasteiger partial charge on any atom is -0.371 e. The smallest absolute Gasteiger partial charge is 0.147 e. The van der Waals surface area contributed by atoms with E-state index in [-0.39, 0.29) is 5.82 Å². The van der Waals surface area contributed by atoms with Gasteiger partial charge in [-0.25, -0.2) is 4.39 Å². The summed E-state index contributed by atoms with van der Waals surface area (Å²) < 4.78 is 28.4. The van der Waals surface area contributed by atoms with E-state index in [1.165, 1.54) is 37.8 Å². The van der Waals surface area contributed by atoms with E-state index in [4.69, 9.17) is 0 Å². The Morgan fingerprint density at radius 1 is 0.919 bits per heavy atom. The summed E-state index contributed by atoms with van der Waals surface area (Å²) >= 11 is 0. The first-order valence-corrected chi connectivity index (χ1v) is 15.5. The Kier molecular flexibility index (Phi) is 7.39. The van der Waals surface area contributed by atoms with Crippen LogP contribution in [0, 0.1) is 11.7 Å². The SMILES string of the molecule is C=C(C)c1ccc(N2CCN(C(=C)c3cc(S(=C)(=O)CC4CC4)ccc3N3CCCCC3)CC2)c(F)c1. The molecule has 0 radical (unpaired) electrons. The van der Waals surface area contributed by atoms with Gasteiger partial charge in [-0.2, -0.15) is 0 Å². The second-order valence-corrected chi connectivity index (χ2v) is 13.4. The van der Waals surface area contributed by atoms with Crippen LogP contribution in [-0.2, 0) is 9.52 Å². The molecular formula is C31H40FN3OS. The van der Waals surface area contributed by atoms with E-state index in [0.717, 1.165) is 66.6 Å². The van der Waals surface area contributed by atoms with Gasteiger partial charge in [-0.3, -0.25) is 4.21 Å². The molecule has 3 fully saturated rings. The predicted octanol–water partition coefficient (Wildman–Crippen LogP) is 6.13. The third-order valence-electron chi connectivity index (χ3n) is 8.05. The molecule has 5 rings (SSSR count). The first kappa shape index (κ1) is 25.9. The average molecular weight is 522 g/mol. The van der Waals surface area contributed by atoms with Crippen LogP contribution < -0.4 is 9.80 Å². The molecule has 0 N–H and O–H groups in total. The van der Waals surface area contributed by atoms with Crippen LogP contribution in [0.2, 0.25) is 0 Å². The van der Waals surface area contributed by atoms with Gasteiger partial charge in [-0.05, 0) is 96.2 Å². The van der Waals surface area contributed by atoms with Gasteiger partial charge >= 0.3 is 0 Å². The van der Waals surface area contributed by atoms with Gasteiger partial charge in [-0.15, -0.1) is 0 Å². The van der Waals surface area contributed by atoms with Crippen LogP contribution in [0.3, 0.4) is 0 Å². The molecule has 0 amide bonds. The summed E-state index contributed by atoms with van der Waals surface area (Å²) in [5.74, 6) is 5.20. The van der Waals surface area contributed by atoms with E-state index in [1.807, 2.05) is 25.1 Å². The van der Waals surface area contributed by atoms with Crippen LogP contribution in [-0.4, -0.2) is 60.0 Å². The highest BCUT2D eigenvalue weighted by Crippen LogP contribution is 2.36. The number of allylic oxidation sites excluding steroid dienone is 1. The Bertz CT molecular complexity index is 1280. The van der Waals surface area contributed by atoms with Gasteiger partial charge in [0.05, 0.1) is 5.69 Å². The molecule has 1 atom stereocenters. The lowest BCUT2D eigenvalue weighted by Crippen LogP contribution is -2.45. The number of rotatable bonds is 8. The number of hydrogen-bond acceptors (Lipinski definition) is 4. The first-order chi connectivity index (χ1) is 17.7. The monoisotopic (exact) mass is 521 g/mol. The quantitative estimate of drug-likeness (QED) is 0.391. The fraction of sp³-hybridized carbons (Fsp3) is 0.452. The van der Waals surface area contributed by atoms with Crippen molar-refractivity contribution >= 4 is 38.0 Å². The number of piperazine rings is 1. The average Bonchev–Trinajstić information content (AvgIpc) is 3.72. The van der Waals surface area contributed by atoms with Crippen molar-refractivity contribution in [3.05, 3.63) is 66.5 Å². The molecule has 0 spiro atoms. The van der Waals surface area contributed by atoms with Crippen molar-refractivity contribution in [3.63, 3.8) is 0 Å². The van der Waals surface area contributed by atoms with E-state index < -0.39 is 9.52 Å². The highest BCUT2D eigenvalue weighted by atomic mass is 32.2. The van der Waals surface area contributed by atoms with Gasteiger partial charge in [0.25, 0.3) is 0 Å². The minimum atomic E-state index is -2.32. The maximum Gasteiger partial charge on any atom is 0.147 e. The molecular weight excluding hydrogens is 481 g/mol. The van der Waals surface area contributed by atoms with Crippen molar-refractivity contribution in [2.75, 3.05) is 54.8 Å². The van der Waals surface area contributed by atoms with Gasteiger partial charge < -0.3 is 14.7 Å². The molecule has 2 aromatic rings. The zero-order valence-corrected chi connectivity index (χ0v) is 23.0. The summed E-state index contributed by atoms with van der Waals surface area (Å²) in [4.78, 5) is 7.71. The first-order valence-electron chi connectivity index (χ1n) is 13.6. The molecule has 1 saturated carbocycles. The van der Waals surface area contributed by atoms with Crippen LogP contribution in [0.25, 0.3) is 11.3 Å². The van der Waals surface area contributed by atoms with E-state index in [2.05, 4.69) is 45.9 Å². The summed E-state index contributed by atoms with van der Waals surface area (Å²) in [6, 6.07) is 11.7. The molecule has 2 heterocycles. The number of anilines is 2. The highest BCUT2D eigenvalue weighted by molar-refractivity contribution is 8.00. The Morgan fingerprint density at radius 3 is 2.19 bits per heavy atom. The molecule has 1 aliphatic carbocycles. The van der Waals surface area contributed by atoms with Gasteiger partial charge in [0, 0.05) is 66.9 Å². The fourth-order valence-electron chi connectivity index (χ4n) is 5.57. The summed E-state index contributed by atoms with van der Waals surface area (Å²) in [6.45, 7) is 15.4. The second-order valence-electron chi connectivity index (χ2n) is 11.0. The van der Waals surface area contributed by atoms with Crippen molar-refractivity contribution < 1.29 is 8.60 Å². The van der Waals surface area contributed by atoms with Crippen LogP contribution >= 0.6 is 0 Å². The lowest BCUT2D eigenvalue weighted by Gasteiger charge is -2.39. The Morgan fingerprint density at radius 2 is 1.57 bits per heavy atom. The van der Waals surface area contributed by atoms with E-state index >= 15 is 0 Å². The summed E-state index contributed by atoms with van der Waals surface area (Å²) in [6.07, 6.45) is 5.98. The zero-order valence-electron chi connectivity index (χ0n) is 22.2. The van der Waals surface area contributed by atoms with Crippen molar-refractivity contribution in [1.82, 2.24) is 4.90 Å². The van der Waals surface area contributed by atoms with E-state index in [1.54, 1.807) is 6.07 Å². The number of halogens is 1. The second kappa shape index (κ2) is 10.6. The van der Waals surface area contributed by atoms with E-state index in [0.29, 0.717) is 17.4 Å². The lowest BCUT2D eigenvalue weighted by molar-refractivity contribution is 0.366. The summed E-state index contributed by atoms with van der Waals surface area (Å²) in [5.41, 5.74) is 5.55. The molecule has 37 heavy (non-hydrogen) atoms. The maximum absolute atomic E-state index is 14.9. The van der Waals surface area contributed by atoms with Crippen molar-refractivity contribution in [2.45, 2.75) is 43.9 Å². The molecule has 198 valence electrons. The topological polar surface area (TPSA) is 26.8 Å². The van der Waals surface area contributed by atoms with Gasteiger partial charge in [0.1, 0.15) is 5.82 Å². The molecule has 1 unspecified atom stereocenters. The Hall–Kier alpha value is -2.73. The van der Waals surface area contributed by atoms with E-state index in [9.17, 15) is 8.60 Å². The van der Waals surface area contributed by atoms with Crippen molar-refractivity contribution in [2.24, 2.45) is 5.92 Å². The maximum atomic E-state index is 14.9. The van der Waals surface area contributed by atoms with Crippen LogP contribution in [0.5, 0.6) is 0 Å². The minimum absolute atomic E-state index is 0.200. The summed E-state index contributed by atoms with van der Waals surface area (Å²) in [7, 11) is -2.32. The molecule has 4 nitrogen and oxygen atoms in total. The zero-order chi connectivity index (χ0) is 26.2. The number of hydrogen-bond donors (Lipinski definition) is 0. The standard InChI is InChI=1S/C31H40FN3OS/c1-23(2)26-10-12-31(29(32)20-26)35-18-16-33(17-19-35)24(3)28-21-27(37(4,36)22-25-8-9-25)11-13-30(28)34-14-6-5-7-15-34/h10-13,20-21,25H,1,3-9,14-19,22H2,2H3. The molecule has 2 aliphatic heterocycles. The third-order valence-corrected chi connectivity index (χ3v) is 10.2. The number of piperidine rings is 1. The molecule has 3 aliphatic rings. The molecule has 0 aromatic heterocycles. The molecule has 2 aromatic carbocycles. The molecule has 6 heteroatoms. The van der Waals surface area contributed by atoms with Gasteiger partial charge in [-0.1, -0.05) is 24.8 Å². The lowest BCUT2D eigenvalue weighted by atomic mass is 10.0. The largest absolute Gasteiger partial charge is 0.371 e. The van der Waals surface area contributed by atoms with Crippen LogP contribution in [0.1, 0.15) is 50.2 Å². The fourth-order valence-corrected chi connectivity index (χ4v) is 7.50. The molecule has 2 saturated heterocycles. The summed E-state index contributed by atoms with van der Waals surface area (Å²) in [5, 5.41) is 0. The third kappa shape index (κ3) is 5.74. The number of benzene rings is 2. The Balaban J connectivity index is 1.36. The van der Waals surface area contributed by atoms with Crippen LogP contribution in [0.15, 0.2) is 54.5 Å².